The number of nitrogens with zero attached hydrogens (tertiary/aromatic N) is 6. The number of nitrogens with one attached hydrogen (secondary N) is 1. The number of pyridine rings is 1. The van der Waals surface area contributed by atoms with Crippen LogP contribution in [0, 0.1) is 13.8 Å². The van der Waals surface area contributed by atoms with Crippen molar-refractivity contribution in [3.05, 3.63) is 45.3 Å². The number of hydrogen-bond acceptors (Lipinski definition) is 6. The van der Waals surface area contributed by atoms with Crippen molar-refractivity contribution in [3.63, 3.8) is 0 Å². The Hall–Kier alpha value is -3.07. The van der Waals surface area contributed by atoms with Crippen molar-refractivity contribution < 1.29 is 4.79 Å². The van der Waals surface area contributed by atoms with E-state index in [9.17, 15) is 4.79 Å². The van der Waals surface area contributed by atoms with Gasteiger partial charge >= 0.3 is 0 Å². The fourth-order valence-corrected chi connectivity index (χ4v) is 5.47. The van der Waals surface area contributed by atoms with Crippen molar-refractivity contribution in [1.29, 1.82) is 0 Å². The first-order valence-electron chi connectivity index (χ1n) is 11.6. The van der Waals surface area contributed by atoms with Crippen molar-refractivity contribution >= 4 is 28.3 Å². The van der Waals surface area contributed by atoms with E-state index in [4.69, 9.17) is 4.98 Å². The highest BCUT2D eigenvalue weighted by molar-refractivity contribution is 7.12. The molecule has 4 aromatic rings. The number of thiophene rings is 1. The Bertz CT molecular complexity index is 1330. The van der Waals surface area contributed by atoms with Crippen LogP contribution in [0.25, 0.3) is 22.3 Å². The predicted octanol–water partition coefficient (Wildman–Crippen LogP) is 4.61. The van der Waals surface area contributed by atoms with E-state index in [1.807, 2.05) is 10.7 Å². The summed E-state index contributed by atoms with van der Waals surface area (Å²) in [5, 5.41) is 17.1. The van der Waals surface area contributed by atoms with Gasteiger partial charge < -0.3 is 9.88 Å². The fourth-order valence-electron chi connectivity index (χ4n) is 4.54. The molecule has 9 heteroatoms. The second-order valence-corrected chi connectivity index (χ2v) is 10.4. The van der Waals surface area contributed by atoms with Crippen molar-refractivity contribution in [2.45, 2.75) is 72.5 Å². The second kappa shape index (κ2) is 8.70. The van der Waals surface area contributed by atoms with Gasteiger partial charge in [0.25, 0.3) is 5.91 Å². The average Bonchev–Trinajstić information content (AvgIpc) is 3.43. The van der Waals surface area contributed by atoms with Crippen molar-refractivity contribution in [2.24, 2.45) is 0 Å². The summed E-state index contributed by atoms with van der Waals surface area (Å²) in [6.07, 6.45) is 6.16. The van der Waals surface area contributed by atoms with Crippen molar-refractivity contribution in [3.8, 4) is 11.3 Å². The molecule has 0 unspecified atom stereocenters. The fraction of sp³-hybridized carbons (Fsp3) is 0.458. The molecule has 5 rings (SSSR count). The quantitative estimate of drug-likeness (QED) is 0.467. The molecule has 0 saturated heterocycles. The van der Waals surface area contributed by atoms with Gasteiger partial charge in [0.05, 0.1) is 29.4 Å². The highest BCUT2D eigenvalue weighted by atomic mass is 32.1. The molecule has 0 spiro atoms. The van der Waals surface area contributed by atoms with Gasteiger partial charge in [-0.1, -0.05) is 6.42 Å². The van der Waals surface area contributed by atoms with Crippen LogP contribution in [0.4, 0.5) is 0 Å². The molecule has 0 aromatic carbocycles. The van der Waals surface area contributed by atoms with Gasteiger partial charge in [0.15, 0.2) is 11.5 Å². The highest BCUT2D eigenvalue weighted by Gasteiger charge is 2.21. The van der Waals surface area contributed by atoms with Gasteiger partial charge in [0, 0.05) is 34.3 Å². The van der Waals surface area contributed by atoms with E-state index in [0.717, 1.165) is 59.7 Å². The Labute approximate surface area is 197 Å². The minimum absolute atomic E-state index is 0.137. The van der Waals surface area contributed by atoms with Crippen molar-refractivity contribution in [2.75, 3.05) is 0 Å². The Morgan fingerprint density at radius 2 is 2.03 bits per heavy atom. The molecule has 1 aliphatic heterocycles. The summed E-state index contributed by atoms with van der Waals surface area (Å²) in [6.45, 7) is 9.58. The summed E-state index contributed by atoms with van der Waals surface area (Å²) < 4.78 is 4.04. The van der Waals surface area contributed by atoms with E-state index in [-0.39, 0.29) is 11.9 Å². The Kier molecular flexibility index (Phi) is 5.74. The maximum atomic E-state index is 13.4. The van der Waals surface area contributed by atoms with Crippen LogP contribution in [0.1, 0.15) is 70.9 Å². The molecule has 1 N–H and O–H groups in total. The topological polar surface area (TPSA) is 90.5 Å². The van der Waals surface area contributed by atoms with Crippen LogP contribution in [0.2, 0.25) is 0 Å². The summed E-state index contributed by atoms with van der Waals surface area (Å²) in [4.78, 5) is 20.7. The van der Waals surface area contributed by atoms with Gasteiger partial charge in [-0.25, -0.2) is 9.67 Å². The Balaban J connectivity index is 1.51. The first-order valence-corrected chi connectivity index (χ1v) is 12.4. The highest BCUT2D eigenvalue weighted by Crippen LogP contribution is 2.32. The largest absolute Gasteiger partial charge is 0.345 e. The van der Waals surface area contributed by atoms with Crippen LogP contribution in [0.3, 0.4) is 0 Å². The third-order valence-electron chi connectivity index (χ3n) is 6.21. The summed E-state index contributed by atoms with van der Waals surface area (Å²) in [5.41, 5.74) is 3.17. The lowest BCUT2D eigenvalue weighted by molar-refractivity contribution is 0.0951. The molecule has 0 saturated carbocycles. The zero-order valence-electron chi connectivity index (χ0n) is 19.6. The average molecular weight is 464 g/mol. The van der Waals surface area contributed by atoms with Crippen LogP contribution < -0.4 is 5.32 Å². The van der Waals surface area contributed by atoms with Gasteiger partial charge in [0.1, 0.15) is 5.82 Å². The monoisotopic (exact) mass is 463 g/mol. The summed E-state index contributed by atoms with van der Waals surface area (Å²) in [7, 11) is 0. The van der Waals surface area contributed by atoms with Crippen LogP contribution in [0.15, 0.2) is 18.3 Å². The van der Waals surface area contributed by atoms with Gasteiger partial charge in [-0.3, -0.25) is 4.79 Å². The summed E-state index contributed by atoms with van der Waals surface area (Å²) in [6, 6.07) is 4.16. The SMILES string of the molecule is Cc1cc(-c2cc(C(=O)NCc3nnc4n3CCCCC4)c3cnn(C(C)C)c3n2)c(C)s1. The number of hydrogen-bond donors (Lipinski definition) is 1. The van der Waals surface area contributed by atoms with Gasteiger partial charge in [-0.05, 0) is 52.7 Å². The lowest BCUT2D eigenvalue weighted by Crippen LogP contribution is -2.25. The zero-order chi connectivity index (χ0) is 23.1. The van der Waals surface area contributed by atoms with Crippen molar-refractivity contribution in [1.82, 2.24) is 34.8 Å². The molecule has 0 bridgehead atoms. The molecule has 172 valence electrons. The molecule has 4 aromatic heterocycles. The number of aryl methyl sites for hydroxylation is 3. The second-order valence-electron chi connectivity index (χ2n) is 8.98. The minimum atomic E-state index is -0.150. The summed E-state index contributed by atoms with van der Waals surface area (Å²) >= 11 is 1.74. The predicted molar refractivity (Wildman–Crippen MR) is 129 cm³/mol. The van der Waals surface area contributed by atoms with Crippen LogP contribution >= 0.6 is 11.3 Å². The molecule has 1 aliphatic rings. The van der Waals surface area contributed by atoms with E-state index >= 15 is 0 Å². The van der Waals surface area contributed by atoms with E-state index in [0.29, 0.717) is 12.1 Å². The third kappa shape index (κ3) is 4.06. The molecule has 0 radical (unpaired) electrons. The molecular formula is C24H29N7OS. The van der Waals surface area contributed by atoms with Gasteiger partial charge in [-0.15, -0.1) is 21.5 Å². The number of fused-ring (bicyclic) bond motifs is 2. The number of carbonyl (C=O) groups is 1. The molecule has 33 heavy (non-hydrogen) atoms. The normalized spacial score (nSPS) is 14.0. The first kappa shape index (κ1) is 21.8. The standard InChI is InChI=1S/C24H29N7OS/c1-14(2)31-23-19(12-26-31)18(11-20(27-23)17-10-15(3)33-16(17)4)24(32)25-13-22-29-28-21-8-6-5-7-9-30(21)22/h10-12,14H,5-9,13H2,1-4H3,(H,25,32). The van der Waals surface area contributed by atoms with E-state index in [1.54, 1.807) is 17.5 Å². The molecule has 0 atom stereocenters. The first-order chi connectivity index (χ1) is 15.9. The smallest absolute Gasteiger partial charge is 0.252 e. The van der Waals surface area contributed by atoms with E-state index < -0.39 is 0 Å². The van der Waals surface area contributed by atoms with E-state index in [1.165, 1.54) is 16.2 Å². The zero-order valence-corrected chi connectivity index (χ0v) is 20.4. The van der Waals surface area contributed by atoms with Crippen LogP contribution in [0.5, 0.6) is 0 Å². The van der Waals surface area contributed by atoms with Crippen LogP contribution in [-0.4, -0.2) is 35.4 Å². The Morgan fingerprint density at radius 1 is 1.18 bits per heavy atom. The number of carbonyl (C=O) groups excluding carboxylic acids is 1. The number of aromatic nitrogens is 6. The van der Waals surface area contributed by atoms with E-state index in [2.05, 4.69) is 58.9 Å². The molecule has 8 nitrogen and oxygen atoms in total. The third-order valence-corrected chi connectivity index (χ3v) is 7.18. The summed E-state index contributed by atoms with van der Waals surface area (Å²) in [5.74, 6) is 1.68. The van der Waals surface area contributed by atoms with Gasteiger partial charge in [-0.2, -0.15) is 5.10 Å². The number of amides is 1. The van der Waals surface area contributed by atoms with Gasteiger partial charge in [0.2, 0.25) is 0 Å². The molecule has 1 amide bonds. The number of rotatable bonds is 5. The minimum Gasteiger partial charge on any atom is -0.345 e. The Morgan fingerprint density at radius 3 is 2.79 bits per heavy atom. The molecule has 5 heterocycles. The maximum absolute atomic E-state index is 13.4. The lowest BCUT2D eigenvalue weighted by atomic mass is 10.1. The maximum Gasteiger partial charge on any atom is 0.252 e. The van der Waals surface area contributed by atoms with Crippen LogP contribution in [-0.2, 0) is 19.5 Å². The lowest BCUT2D eigenvalue weighted by Gasteiger charge is -2.11. The molecule has 0 aliphatic carbocycles. The molecule has 0 fully saturated rings. The molecular weight excluding hydrogens is 434 g/mol.